The summed E-state index contributed by atoms with van der Waals surface area (Å²) in [5, 5.41) is 19.4. The summed E-state index contributed by atoms with van der Waals surface area (Å²) in [6.07, 6.45) is 1.40. The summed E-state index contributed by atoms with van der Waals surface area (Å²) in [5.41, 5.74) is 0.0752. The Morgan fingerprint density at radius 3 is 2.56 bits per heavy atom. The van der Waals surface area contributed by atoms with Crippen molar-refractivity contribution >= 4 is 17.4 Å². The number of likely N-dealkylation sites (tertiary alicyclic amines) is 1. The van der Waals surface area contributed by atoms with Gasteiger partial charge in [-0.3, -0.25) is 9.59 Å². The summed E-state index contributed by atoms with van der Waals surface area (Å²) in [6.45, 7) is 0.105. The van der Waals surface area contributed by atoms with Crippen LogP contribution in [0.2, 0.25) is 0 Å². The second kappa shape index (κ2) is 8.15. The molecule has 0 bridgehead atoms. The zero-order valence-corrected chi connectivity index (χ0v) is 14.3. The molecule has 1 aliphatic rings. The Hall–Kier alpha value is -2.97. The Bertz CT molecular complexity index is 844. The highest BCUT2D eigenvalue weighted by Gasteiger charge is 2.47. The number of halogens is 1. The smallest absolute Gasteiger partial charge is 0.295 e. The molecule has 2 aromatic rings. The monoisotopic (exact) mass is 375 g/mol. The molecule has 8 heteroatoms. The van der Waals surface area contributed by atoms with Crippen LogP contribution in [0.3, 0.4) is 0 Å². The van der Waals surface area contributed by atoms with E-state index in [0.717, 1.165) is 12.1 Å². The molecule has 7 nitrogen and oxygen atoms in total. The molecule has 142 valence electrons. The lowest BCUT2D eigenvalue weighted by atomic mass is 9.99. The van der Waals surface area contributed by atoms with Crippen LogP contribution in [0.15, 0.2) is 52.7 Å². The fourth-order valence-electron chi connectivity index (χ4n) is 2.95. The lowest BCUT2D eigenvalue weighted by Crippen LogP contribution is -2.33. The SMILES string of the molecule is O=C1C(=O)N(CCOCCO)C(c2ccco2)/C1=C(\O)c1ccc(F)cc1. The van der Waals surface area contributed by atoms with Crippen LogP contribution in [-0.4, -0.2) is 53.2 Å². The van der Waals surface area contributed by atoms with Gasteiger partial charge in [0.15, 0.2) is 0 Å². The van der Waals surface area contributed by atoms with Crippen molar-refractivity contribution in [2.45, 2.75) is 6.04 Å². The largest absolute Gasteiger partial charge is 0.507 e. The number of carbonyl (C=O) groups is 2. The van der Waals surface area contributed by atoms with Crippen LogP contribution in [0.5, 0.6) is 0 Å². The van der Waals surface area contributed by atoms with Crippen molar-refractivity contribution < 1.29 is 33.3 Å². The number of hydrogen-bond acceptors (Lipinski definition) is 6. The molecule has 1 saturated heterocycles. The first-order valence-electron chi connectivity index (χ1n) is 8.31. The summed E-state index contributed by atoms with van der Waals surface area (Å²) in [5.74, 6) is -2.25. The van der Waals surface area contributed by atoms with Crippen molar-refractivity contribution in [2.75, 3.05) is 26.4 Å². The van der Waals surface area contributed by atoms with E-state index in [1.54, 1.807) is 12.1 Å². The van der Waals surface area contributed by atoms with E-state index in [1.165, 1.54) is 23.3 Å². The Morgan fingerprint density at radius 1 is 1.19 bits per heavy atom. The van der Waals surface area contributed by atoms with Gasteiger partial charge in [-0.2, -0.15) is 0 Å². The lowest BCUT2D eigenvalue weighted by molar-refractivity contribution is -0.140. The van der Waals surface area contributed by atoms with Crippen molar-refractivity contribution in [3.05, 3.63) is 65.4 Å². The van der Waals surface area contributed by atoms with Crippen molar-refractivity contribution in [3.8, 4) is 0 Å². The molecule has 0 aliphatic carbocycles. The first kappa shape index (κ1) is 18.8. The molecule has 1 unspecified atom stereocenters. The van der Waals surface area contributed by atoms with Gasteiger partial charge in [0.2, 0.25) is 0 Å². The molecule has 27 heavy (non-hydrogen) atoms. The number of carbonyl (C=O) groups excluding carboxylic acids is 2. The van der Waals surface area contributed by atoms with Gasteiger partial charge in [0.1, 0.15) is 23.4 Å². The lowest BCUT2D eigenvalue weighted by Gasteiger charge is -2.23. The molecular weight excluding hydrogens is 357 g/mol. The Morgan fingerprint density at radius 2 is 1.93 bits per heavy atom. The molecule has 1 amide bonds. The first-order valence-corrected chi connectivity index (χ1v) is 8.31. The Balaban J connectivity index is 2.00. The number of furan rings is 1. The maximum atomic E-state index is 13.2. The number of amides is 1. The van der Waals surface area contributed by atoms with Gasteiger partial charge < -0.3 is 24.3 Å². The van der Waals surface area contributed by atoms with Crippen molar-refractivity contribution in [2.24, 2.45) is 0 Å². The topological polar surface area (TPSA) is 100 Å². The highest BCUT2D eigenvalue weighted by atomic mass is 19.1. The van der Waals surface area contributed by atoms with Crippen molar-refractivity contribution in [1.82, 2.24) is 4.90 Å². The average Bonchev–Trinajstić information content (AvgIpc) is 3.27. The third-order valence-electron chi connectivity index (χ3n) is 4.18. The highest BCUT2D eigenvalue weighted by molar-refractivity contribution is 6.46. The van der Waals surface area contributed by atoms with Gasteiger partial charge in [-0.25, -0.2) is 4.39 Å². The predicted molar refractivity (Wildman–Crippen MR) is 92.0 cm³/mol. The van der Waals surface area contributed by atoms with E-state index in [2.05, 4.69) is 0 Å². The van der Waals surface area contributed by atoms with E-state index in [4.69, 9.17) is 14.3 Å². The summed E-state index contributed by atoms with van der Waals surface area (Å²) in [6, 6.07) is 7.21. The number of Topliss-reactive ketones (excluding diaryl/α,β-unsaturated/α-hetero) is 1. The van der Waals surface area contributed by atoms with Crippen LogP contribution < -0.4 is 0 Å². The van der Waals surface area contributed by atoms with Crippen LogP contribution in [-0.2, 0) is 14.3 Å². The van der Waals surface area contributed by atoms with Crippen LogP contribution in [0.4, 0.5) is 4.39 Å². The summed E-state index contributed by atoms with van der Waals surface area (Å²) in [7, 11) is 0. The number of ketones is 1. The summed E-state index contributed by atoms with van der Waals surface area (Å²) < 4.78 is 23.7. The van der Waals surface area contributed by atoms with Crippen LogP contribution in [0, 0.1) is 5.82 Å². The Labute approximate surface area is 154 Å². The number of rotatable bonds is 7. The Kier molecular flexibility index (Phi) is 5.68. The number of ether oxygens (including phenoxy) is 1. The molecule has 0 spiro atoms. The fraction of sp³-hybridized carbons (Fsp3) is 0.263. The van der Waals surface area contributed by atoms with E-state index >= 15 is 0 Å². The van der Waals surface area contributed by atoms with Crippen LogP contribution >= 0.6 is 0 Å². The third kappa shape index (κ3) is 3.76. The van der Waals surface area contributed by atoms with Crippen molar-refractivity contribution in [1.29, 1.82) is 0 Å². The molecule has 1 aliphatic heterocycles. The van der Waals surface area contributed by atoms with Crippen LogP contribution in [0.25, 0.3) is 5.76 Å². The standard InChI is InChI=1S/C19H18FNO6/c20-13-5-3-12(4-6-13)17(23)15-16(14-2-1-9-27-14)21(19(25)18(15)24)7-10-26-11-8-22/h1-6,9,16,22-23H,7-8,10-11H2/b17-15+. The van der Waals surface area contributed by atoms with Gasteiger partial charge in [-0.1, -0.05) is 0 Å². The zero-order chi connectivity index (χ0) is 19.4. The van der Waals surface area contributed by atoms with Gasteiger partial charge in [-0.05, 0) is 36.4 Å². The van der Waals surface area contributed by atoms with Gasteiger partial charge in [-0.15, -0.1) is 0 Å². The molecular formula is C19H18FNO6. The number of aliphatic hydroxyl groups excluding tert-OH is 2. The minimum absolute atomic E-state index is 0.0656. The number of hydrogen-bond donors (Lipinski definition) is 2. The zero-order valence-electron chi connectivity index (χ0n) is 14.3. The molecule has 1 atom stereocenters. The number of aliphatic hydroxyl groups is 2. The molecule has 3 rings (SSSR count). The summed E-state index contributed by atoms with van der Waals surface area (Å²) in [4.78, 5) is 26.3. The first-order chi connectivity index (χ1) is 13.0. The highest BCUT2D eigenvalue weighted by Crippen LogP contribution is 2.39. The number of benzene rings is 1. The number of nitrogens with zero attached hydrogens (tertiary/aromatic N) is 1. The molecule has 0 saturated carbocycles. The van der Waals surface area contributed by atoms with E-state index in [9.17, 15) is 19.1 Å². The van der Waals surface area contributed by atoms with E-state index in [0.29, 0.717) is 5.76 Å². The second-order valence-corrected chi connectivity index (χ2v) is 5.85. The minimum atomic E-state index is -0.928. The average molecular weight is 375 g/mol. The quantitative estimate of drug-likeness (QED) is 0.332. The molecule has 1 aromatic carbocycles. The van der Waals surface area contributed by atoms with E-state index < -0.39 is 29.3 Å². The molecule has 1 aromatic heterocycles. The minimum Gasteiger partial charge on any atom is -0.507 e. The van der Waals surface area contributed by atoms with Gasteiger partial charge in [0.25, 0.3) is 11.7 Å². The molecule has 2 N–H and O–H groups in total. The summed E-state index contributed by atoms with van der Waals surface area (Å²) >= 11 is 0. The van der Waals surface area contributed by atoms with Gasteiger partial charge in [0.05, 0.1) is 31.7 Å². The van der Waals surface area contributed by atoms with Gasteiger partial charge in [0, 0.05) is 12.1 Å². The van der Waals surface area contributed by atoms with Crippen LogP contribution in [0.1, 0.15) is 17.4 Å². The molecule has 1 fully saturated rings. The van der Waals surface area contributed by atoms with E-state index in [-0.39, 0.29) is 37.5 Å². The molecule has 2 heterocycles. The molecule has 0 radical (unpaired) electrons. The van der Waals surface area contributed by atoms with E-state index in [1.807, 2.05) is 0 Å². The van der Waals surface area contributed by atoms with Crippen molar-refractivity contribution in [3.63, 3.8) is 0 Å². The third-order valence-corrected chi connectivity index (χ3v) is 4.18. The predicted octanol–water partition coefficient (Wildman–Crippen LogP) is 1.85. The maximum Gasteiger partial charge on any atom is 0.295 e. The second-order valence-electron chi connectivity index (χ2n) is 5.85. The normalized spacial score (nSPS) is 19.0. The maximum absolute atomic E-state index is 13.2. The fourth-order valence-corrected chi connectivity index (χ4v) is 2.95. The van der Waals surface area contributed by atoms with Gasteiger partial charge >= 0.3 is 0 Å².